The summed E-state index contributed by atoms with van der Waals surface area (Å²) in [6.45, 7) is 5.45. The molecule has 30 heavy (non-hydrogen) atoms. The van der Waals surface area contributed by atoms with Crippen LogP contribution in [0.3, 0.4) is 0 Å². The van der Waals surface area contributed by atoms with E-state index in [1.54, 1.807) is 0 Å². The average Bonchev–Trinajstić information content (AvgIpc) is 3.13. The van der Waals surface area contributed by atoms with E-state index in [1.807, 2.05) is 13.8 Å². The zero-order valence-electron chi connectivity index (χ0n) is 17.6. The third kappa shape index (κ3) is 7.62. The highest BCUT2D eigenvalue weighted by molar-refractivity contribution is 5.94. The second-order valence-corrected chi connectivity index (χ2v) is 7.99. The molecule has 0 aliphatic carbocycles. The first-order chi connectivity index (χ1) is 13.9. The van der Waals surface area contributed by atoms with Gasteiger partial charge < -0.3 is 31.5 Å². The summed E-state index contributed by atoms with van der Waals surface area (Å²) in [6.07, 6.45) is 0.646. The molecule has 0 radical (unpaired) electrons. The fourth-order valence-electron chi connectivity index (χ4n) is 3.31. The third-order valence-electron chi connectivity index (χ3n) is 4.90. The van der Waals surface area contributed by atoms with Gasteiger partial charge in [-0.25, -0.2) is 4.79 Å². The lowest BCUT2D eigenvalue weighted by Crippen LogP contribution is -2.56. The van der Waals surface area contributed by atoms with Crippen molar-refractivity contribution >= 4 is 29.7 Å². The quantitative estimate of drug-likeness (QED) is 0.286. The molecule has 1 heterocycles. The number of aliphatic carboxylic acids is 2. The van der Waals surface area contributed by atoms with Gasteiger partial charge >= 0.3 is 11.9 Å². The fourth-order valence-corrected chi connectivity index (χ4v) is 3.31. The highest BCUT2D eigenvalue weighted by atomic mass is 16.4. The molecule has 3 amide bonds. The number of nitrogens with two attached hydrogens (primary N) is 1. The Morgan fingerprint density at radius 1 is 1.07 bits per heavy atom. The maximum Gasteiger partial charge on any atom is 0.326 e. The number of amides is 3. The normalized spacial score (nSPS) is 19.1. The van der Waals surface area contributed by atoms with Crippen LogP contribution in [0.25, 0.3) is 0 Å². The molecule has 1 aliphatic rings. The molecule has 4 atom stereocenters. The molecule has 0 spiro atoms. The minimum atomic E-state index is -1.21. The summed E-state index contributed by atoms with van der Waals surface area (Å²) in [5, 5.41) is 23.2. The lowest BCUT2D eigenvalue weighted by molar-refractivity contribution is -0.150. The van der Waals surface area contributed by atoms with Gasteiger partial charge in [-0.3, -0.25) is 19.2 Å². The summed E-state index contributed by atoms with van der Waals surface area (Å²) in [7, 11) is 0. The summed E-state index contributed by atoms with van der Waals surface area (Å²) in [6, 6.07) is -4.01. The lowest BCUT2D eigenvalue weighted by Gasteiger charge is -2.28. The van der Waals surface area contributed by atoms with E-state index < -0.39 is 53.8 Å². The van der Waals surface area contributed by atoms with Crippen molar-refractivity contribution in [1.82, 2.24) is 15.5 Å². The molecule has 0 bridgehead atoms. The molecule has 1 saturated heterocycles. The number of hydrogen-bond acceptors (Lipinski definition) is 6. The van der Waals surface area contributed by atoms with Gasteiger partial charge in [-0.1, -0.05) is 13.8 Å². The van der Waals surface area contributed by atoms with E-state index in [2.05, 4.69) is 10.6 Å². The topological polar surface area (TPSA) is 179 Å². The SMILES string of the molecule is CC(C)CC(N)C(=O)NC(C)C(=O)NC(CCC(=O)O)C(=O)N1CCCC1C(=O)O. The number of carbonyl (C=O) groups excluding carboxylic acids is 3. The van der Waals surface area contributed by atoms with Crippen LogP contribution in [0.1, 0.15) is 52.9 Å². The number of carbonyl (C=O) groups is 5. The first kappa shape index (κ1) is 25.3. The first-order valence-electron chi connectivity index (χ1n) is 10.0. The van der Waals surface area contributed by atoms with Gasteiger partial charge in [0.15, 0.2) is 0 Å². The Labute approximate surface area is 175 Å². The zero-order valence-corrected chi connectivity index (χ0v) is 17.6. The molecular formula is C19H32N4O7. The number of hydrogen-bond donors (Lipinski definition) is 5. The predicted octanol–water partition coefficient (Wildman–Crippen LogP) is -0.710. The number of nitrogens with one attached hydrogen (secondary N) is 2. The zero-order chi connectivity index (χ0) is 23.0. The van der Waals surface area contributed by atoms with Gasteiger partial charge in [0, 0.05) is 13.0 Å². The number of carboxylic acids is 2. The van der Waals surface area contributed by atoms with Crippen molar-refractivity contribution in [2.24, 2.45) is 11.7 Å². The van der Waals surface area contributed by atoms with Gasteiger partial charge in [-0.15, -0.1) is 0 Å². The molecule has 1 rings (SSSR count). The van der Waals surface area contributed by atoms with Gasteiger partial charge in [0.2, 0.25) is 17.7 Å². The number of carboxylic acid groups (broad SMARTS) is 2. The van der Waals surface area contributed by atoms with E-state index in [0.717, 1.165) is 4.90 Å². The molecule has 0 saturated carbocycles. The Morgan fingerprint density at radius 3 is 2.23 bits per heavy atom. The van der Waals surface area contributed by atoms with Crippen molar-refractivity contribution in [3.63, 3.8) is 0 Å². The Kier molecular flexibility index (Phi) is 9.70. The molecule has 1 fully saturated rings. The number of nitrogens with zero attached hydrogens (tertiary/aromatic N) is 1. The van der Waals surface area contributed by atoms with E-state index in [-0.39, 0.29) is 25.3 Å². The molecular weight excluding hydrogens is 396 g/mol. The monoisotopic (exact) mass is 428 g/mol. The van der Waals surface area contributed by atoms with Gasteiger partial charge in [0.25, 0.3) is 0 Å². The third-order valence-corrected chi connectivity index (χ3v) is 4.90. The second-order valence-electron chi connectivity index (χ2n) is 7.99. The largest absolute Gasteiger partial charge is 0.481 e. The summed E-state index contributed by atoms with van der Waals surface area (Å²) in [5.41, 5.74) is 5.80. The van der Waals surface area contributed by atoms with Crippen molar-refractivity contribution in [3.8, 4) is 0 Å². The van der Waals surface area contributed by atoms with Crippen molar-refractivity contribution in [2.75, 3.05) is 6.54 Å². The summed E-state index contributed by atoms with van der Waals surface area (Å²) >= 11 is 0. The summed E-state index contributed by atoms with van der Waals surface area (Å²) < 4.78 is 0. The van der Waals surface area contributed by atoms with Crippen LogP contribution in [0.4, 0.5) is 0 Å². The Morgan fingerprint density at radius 2 is 1.70 bits per heavy atom. The fraction of sp³-hybridized carbons (Fsp3) is 0.737. The lowest BCUT2D eigenvalue weighted by atomic mass is 10.0. The van der Waals surface area contributed by atoms with Crippen molar-refractivity contribution in [2.45, 2.75) is 77.0 Å². The molecule has 4 unspecified atom stereocenters. The molecule has 6 N–H and O–H groups in total. The first-order valence-corrected chi connectivity index (χ1v) is 10.0. The second kappa shape index (κ2) is 11.5. The Balaban J connectivity index is 2.82. The summed E-state index contributed by atoms with van der Waals surface area (Å²) in [5.74, 6) is -3.96. The van der Waals surface area contributed by atoms with Crippen LogP contribution in [-0.2, 0) is 24.0 Å². The van der Waals surface area contributed by atoms with Gasteiger partial charge in [-0.2, -0.15) is 0 Å². The average molecular weight is 428 g/mol. The highest BCUT2D eigenvalue weighted by Gasteiger charge is 2.38. The van der Waals surface area contributed by atoms with Crippen LogP contribution >= 0.6 is 0 Å². The number of rotatable bonds is 11. The molecule has 11 heteroatoms. The minimum Gasteiger partial charge on any atom is -0.481 e. The maximum atomic E-state index is 12.8. The molecule has 11 nitrogen and oxygen atoms in total. The highest BCUT2D eigenvalue weighted by Crippen LogP contribution is 2.19. The van der Waals surface area contributed by atoms with Gasteiger partial charge in [0.1, 0.15) is 18.1 Å². The molecule has 170 valence electrons. The van der Waals surface area contributed by atoms with Crippen LogP contribution in [-0.4, -0.2) is 75.5 Å². The van der Waals surface area contributed by atoms with Crippen molar-refractivity contribution in [3.05, 3.63) is 0 Å². The minimum absolute atomic E-state index is 0.190. The maximum absolute atomic E-state index is 12.8. The Hall–Kier alpha value is -2.69. The van der Waals surface area contributed by atoms with E-state index in [4.69, 9.17) is 10.8 Å². The van der Waals surface area contributed by atoms with Crippen molar-refractivity contribution in [1.29, 1.82) is 0 Å². The summed E-state index contributed by atoms with van der Waals surface area (Å²) in [4.78, 5) is 60.9. The number of likely N-dealkylation sites (tertiary alicyclic amines) is 1. The van der Waals surface area contributed by atoms with Crippen LogP contribution < -0.4 is 16.4 Å². The van der Waals surface area contributed by atoms with Gasteiger partial charge in [-0.05, 0) is 38.5 Å². The van der Waals surface area contributed by atoms with Crippen LogP contribution in [0.5, 0.6) is 0 Å². The molecule has 0 aromatic heterocycles. The van der Waals surface area contributed by atoms with Gasteiger partial charge in [0.05, 0.1) is 6.04 Å². The smallest absolute Gasteiger partial charge is 0.326 e. The van der Waals surface area contributed by atoms with Crippen molar-refractivity contribution < 1.29 is 34.2 Å². The van der Waals surface area contributed by atoms with E-state index in [1.165, 1.54) is 6.92 Å². The Bertz CT molecular complexity index is 667. The van der Waals surface area contributed by atoms with E-state index in [9.17, 15) is 29.1 Å². The molecule has 1 aliphatic heterocycles. The van der Waals surface area contributed by atoms with Crippen LogP contribution in [0.2, 0.25) is 0 Å². The van der Waals surface area contributed by atoms with Crippen LogP contribution in [0.15, 0.2) is 0 Å². The molecule has 0 aromatic carbocycles. The predicted molar refractivity (Wildman–Crippen MR) is 106 cm³/mol. The standard InChI is InChI=1S/C19H32N4O7/c1-10(2)9-12(20)17(27)21-11(3)16(26)22-13(6-7-15(24)25)18(28)23-8-4-5-14(23)19(29)30/h10-14H,4-9,20H2,1-3H3,(H,21,27)(H,22,26)(H,24,25)(H,29,30). The van der Waals surface area contributed by atoms with E-state index >= 15 is 0 Å². The molecule has 0 aromatic rings. The van der Waals surface area contributed by atoms with Crippen LogP contribution in [0, 0.1) is 5.92 Å². The van der Waals surface area contributed by atoms with E-state index in [0.29, 0.717) is 19.3 Å².